The van der Waals surface area contributed by atoms with Crippen molar-refractivity contribution in [2.75, 3.05) is 19.6 Å². The summed E-state index contributed by atoms with van der Waals surface area (Å²) in [5.41, 5.74) is 1.07. The van der Waals surface area contributed by atoms with Crippen LogP contribution in [0, 0.1) is 11.8 Å². The number of benzene rings is 2. The third-order valence-corrected chi connectivity index (χ3v) is 10.7. The van der Waals surface area contributed by atoms with E-state index >= 15 is 0 Å². The molecule has 3 aromatic rings. The molecule has 0 unspecified atom stereocenters. The minimum atomic E-state index is -0.515. The maximum absolute atomic E-state index is 14.5. The molecule has 1 N–H and O–H groups in total. The van der Waals surface area contributed by atoms with E-state index in [-0.39, 0.29) is 35.5 Å². The summed E-state index contributed by atoms with van der Waals surface area (Å²) in [4.78, 5) is 50.7. The van der Waals surface area contributed by atoms with Crippen LogP contribution in [0.2, 0.25) is 0 Å². The third-order valence-electron chi connectivity index (χ3n) is 9.79. The van der Waals surface area contributed by atoms with Gasteiger partial charge in [-0.15, -0.1) is 11.3 Å². The lowest BCUT2D eigenvalue weighted by Crippen LogP contribution is -2.60. The Bertz CT molecular complexity index is 1440. The highest BCUT2D eigenvalue weighted by atomic mass is 32.1. The van der Waals surface area contributed by atoms with Crippen molar-refractivity contribution in [3.8, 4) is 0 Å². The molecule has 0 spiro atoms. The number of carbonyl (C=O) groups is 3. The van der Waals surface area contributed by atoms with Crippen molar-refractivity contribution in [2.24, 2.45) is 11.8 Å². The molecule has 6 rings (SSSR count). The monoisotopic (exact) mass is 586 g/mol. The molecule has 2 aromatic carbocycles. The van der Waals surface area contributed by atoms with Crippen molar-refractivity contribution < 1.29 is 14.4 Å². The zero-order valence-electron chi connectivity index (χ0n) is 24.8. The molecule has 3 fully saturated rings. The van der Waals surface area contributed by atoms with E-state index in [1.807, 2.05) is 66.6 Å². The number of carbonyl (C=O) groups excluding carboxylic acids is 3. The zero-order valence-corrected chi connectivity index (χ0v) is 25.6. The lowest BCUT2D eigenvalue weighted by molar-refractivity contribution is -0.144. The van der Waals surface area contributed by atoms with Crippen LogP contribution in [-0.2, 0) is 9.59 Å². The summed E-state index contributed by atoms with van der Waals surface area (Å²) in [6.07, 6.45) is 8.25. The highest BCUT2D eigenvalue weighted by Gasteiger charge is 2.44. The summed E-state index contributed by atoms with van der Waals surface area (Å²) in [5.74, 6) is -0.0841. The van der Waals surface area contributed by atoms with Gasteiger partial charge < -0.3 is 10.2 Å². The third kappa shape index (κ3) is 5.76. The summed E-state index contributed by atoms with van der Waals surface area (Å²) < 4.78 is 0. The molecule has 3 heterocycles. The summed E-state index contributed by atoms with van der Waals surface area (Å²) in [7, 11) is 0. The van der Waals surface area contributed by atoms with Crippen molar-refractivity contribution in [3.63, 3.8) is 0 Å². The predicted molar refractivity (Wildman–Crippen MR) is 167 cm³/mol. The van der Waals surface area contributed by atoms with E-state index in [2.05, 4.69) is 10.2 Å². The molecule has 2 amide bonds. The van der Waals surface area contributed by atoms with Gasteiger partial charge in [-0.3, -0.25) is 19.3 Å². The largest absolute Gasteiger partial charge is 0.344 e. The molecular formula is C34H42N4O3S. The summed E-state index contributed by atoms with van der Waals surface area (Å²) in [5, 5.41) is 7.80. The van der Waals surface area contributed by atoms with Gasteiger partial charge in [-0.1, -0.05) is 75.6 Å². The summed E-state index contributed by atoms with van der Waals surface area (Å²) >= 11 is 1.47. The normalized spacial score (nSPS) is 23.0. The number of amides is 2. The Balaban J connectivity index is 1.30. The van der Waals surface area contributed by atoms with E-state index in [4.69, 9.17) is 4.98 Å². The topological polar surface area (TPSA) is 82.6 Å². The van der Waals surface area contributed by atoms with Crippen LogP contribution in [0.1, 0.15) is 92.3 Å². The molecule has 222 valence electrons. The molecule has 3 aliphatic rings. The summed E-state index contributed by atoms with van der Waals surface area (Å²) in [6.45, 7) is 6.31. The van der Waals surface area contributed by atoms with E-state index in [1.54, 1.807) is 0 Å². The fourth-order valence-corrected chi connectivity index (χ4v) is 7.99. The lowest BCUT2D eigenvalue weighted by atomic mass is 9.82. The quantitative estimate of drug-likeness (QED) is 0.328. The Hall–Kier alpha value is -3.10. The number of fused-ring (bicyclic) bond motifs is 2. The van der Waals surface area contributed by atoms with Crippen molar-refractivity contribution in [3.05, 3.63) is 64.1 Å². The van der Waals surface area contributed by atoms with E-state index in [0.717, 1.165) is 67.3 Å². The molecule has 2 aliphatic heterocycles. The zero-order chi connectivity index (χ0) is 29.2. The van der Waals surface area contributed by atoms with Crippen molar-refractivity contribution in [1.82, 2.24) is 20.1 Å². The van der Waals surface area contributed by atoms with E-state index in [1.165, 1.54) is 17.8 Å². The first-order valence-corrected chi connectivity index (χ1v) is 16.6. The first-order valence-electron chi connectivity index (χ1n) is 15.8. The predicted octanol–water partition coefficient (Wildman–Crippen LogP) is 5.99. The van der Waals surface area contributed by atoms with Gasteiger partial charge in [0.2, 0.25) is 17.6 Å². The highest BCUT2D eigenvalue weighted by Crippen LogP contribution is 2.37. The van der Waals surface area contributed by atoms with E-state index in [9.17, 15) is 14.4 Å². The summed E-state index contributed by atoms with van der Waals surface area (Å²) in [6, 6.07) is 13.3. The molecule has 4 atom stereocenters. The van der Waals surface area contributed by atoms with Crippen LogP contribution in [0.15, 0.2) is 47.8 Å². The maximum Gasteiger partial charge on any atom is 0.246 e. The molecule has 2 saturated heterocycles. The Morgan fingerprint density at radius 3 is 2.60 bits per heavy atom. The molecule has 1 aliphatic carbocycles. The Labute approximate surface area is 252 Å². The van der Waals surface area contributed by atoms with Crippen LogP contribution < -0.4 is 5.32 Å². The number of nitrogens with one attached hydrogen (secondary N) is 1. The molecule has 1 aromatic heterocycles. The van der Waals surface area contributed by atoms with Gasteiger partial charge in [0.15, 0.2) is 0 Å². The Morgan fingerprint density at radius 2 is 1.79 bits per heavy atom. The van der Waals surface area contributed by atoms with Gasteiger partial charge in [0.1, 0.15) is 16.7 Å². The van der Waals surface area contributed by atoms with Gasteiger partial charge in [0.05, 0.1) is 6.04 Å². The Morgan fingerprint density at radius 1 is 1.00 bits per heavy atom. The molecule has 42 heavy (non-hydrogen) atoms. The van der Waals surface area contributed by atoms with Gasteiger partial charge >= 0.3 is 0 Å². The van der Waals surface area contributed by atoms with Gasteiger partial charge in [-0.25, -0.2) is 4.98 Å². The SMILES string of the molecule is CC[C@@H](C)C(=O)N[C@H](C(=O)N1C[C@H]2CCCN2C[C@H]1c1nc(C(=O)c2cccc3ccccc23)cs1)C1CCCCC1. The minimum Gasteiger partial charge on any atom is -0.344 e. The second-order valence-corrected chi connectivity index (χ2v) is 13.3. The second kappa shape index (κ2) is 12.6. The number of ketones is 1. The van der Waals surface area contributed by atoms with Crippen LogP contribution in [0.3, 0.4) is 0 Å². The van der Waals surface area contributed by atoms with Crippen molar-refractivity contribution in [2.45, 2.75) is 83.3 Å². The average Bonchev–Trinajstić information content (AvgIpc) is 3.72. The highest BCUT2D eigenvalue weighted by molar-refractivity contribution is 7.10. The van der Waals surface area contributed by atoms with E-state index in [0.29, 0.717) is 30.4 Å². The van der Waals surface area contributed by atoms with Crippen LogP contribution in [0.4, 0.5) is 0 Å². The average molecular weight is 587 g/mol. The first kappa shape index (κ1) is 29.0. The van der Waals surface area contributed by atoms with Crippen LogP contribution in [0.25, 0.3) is 10.8 Å². The lowest BCUT2D eigenvalue weighted by Gasteiger charge is -2.45. The fraction of sp³-hybridized carbons (Fsp3) is 0.529. The van der Waals surface area contributed by atoms with Crippen molar-refractivity contribution >= 4 is 39.7 Å². The van der Waals surface area contributed by atoms with Crippen LogP contribution >= 0.6 is 11.3 Å². The first-order chi connectivity index (χ1) is 20.4. The molecular weight excluding hydrogens is 544 g/mol. The van der Waals surface area contributed by atoms with Crippen LogP contribution in [0.5, 0.6) is 0 Å². The second-order valence-electron chi connectivity index (χ2n) is 12.4. The number of hydrogen-bond donors (Lipinski definition) is 1. The molecule has 7 nitrogen and oxygen atoms in total. The number of piperazine rings is 1. The maximum atomic E-state index is 14.5. The minimum absolute atomic E-state index is 0.0206. The number of aromatic nitrogens is 1. The van der Waals surface area contributed by atoms with Gasteiger partial charge in [-0.2, -0.15) is 0 Å². The standard InChI is InChI=1S/C34H42N4O3S/c1-3-22(2)32(40)36-30(24-12-5-4-6-13-24)34(41)38-19-25-15-10-18-37(25)20-29(38)33-35-28(21-42-33)31(39)27-17-9-14-23-11-7-8-16-26(23)27/h7-9,11,14,16-17,21-22,24-25,29-30H,3-6,10,12-13,15,18-20H2,1-2H3,(H,36,40)/t22-,25-,29+,30+/m1/s1. The van der Waals surface area contributed by atoms with Crippen molar-refractivity contribution in [1.29, 1.82) is 0 Å². The van der Waals surface area contributed by atoms with Gasteiger partial charge in [0, 0.05) is 36.0 Å². The Kier molecular flexibility index (Phi) is 8.72. The number of rotatable bonds is 8. The van der Waals surface area contributed by atoms with Gasteiger partial charge in [-0.05, 0) is 55.3 Å². The number of thiazole rings is 1. The number of nitrogens with zero attached hydrogens (tertiary/aromatic N) is 3. The fourth-order valence-electron chi connectivity index (χ4n) is 7.09. The smallest absolute Gasteiger partial charge is 0.246 e. The number of hydrogen-bond acceptors (Lipinski definition) is 6. The van der Waals surface area contributed by atoms with Crippen LogP contribution in [-0.4, -0.2) is 64.1 Å². The molecule has 8 heteroatoms. The molecule has 1 saturated carbocycles. The van der Waals surface area contributed by atoms with E-state index < -0.39 is 6.04 Å². The van der Waals surface area contributed by atoms with Gasteiger partial charge in [0.25, 0.3) is 0 Å². The molecule has 0 bridgehead atoms. The molecule has 0 radical (unpaired) electrons.